The van der Waals surface area contributed by atoms with E-state index >= 15 is 0 Å². The van der Waals surface area contributed by atoms with Gasteiger partial charge in [-0.3, -0.25) is 0 Å². The summed E-state index contributed by atoms with van der Waals surface area (Å²) in [5.41, 5.74) is 2.97. The van der Waals surface area contributed by atoms with Crippen LogP contribution in [0.25, 0.3) is 0 Å². The van der Waals surface area contributed by atoms with E-state index in [2.05, 4.69) is 42.2 Å². The molecule has 0 bridgehead atoms. The Hall–Kier alpha value is -0.670. The van der Waals surface area contributed by atoms with Crippen LogP contribution in [-0.2, 0) is 6.42 Å². The Morgan fingerprint density at radius 2 is 2.33 bits per heavy atom. The van der Waals surface area contributed by atoms with E-state index in [1.807, 2.05) is 0 Å². The lowest BCUT2D eigenvalue weighted by Crippen LogP contribution is -2.46. The first kappa shape index (κ1) is 12.4. The van der Waals surface area contributed by atoms with Crippen molar-refractivity contribution < 1.29 is 4.74 Å². The third-order valence-electron chi connectivity index (χ3n) is 4.17. The number of benzene rings is 1. The van der Waals surface area contributed by atoms with Crippen LogP contribution >= 0.6 is 11.8 Å². The van der Waals surface area contributed by atoms with Gasteiger partial charge in [0.1, 0.15) is 5.75 Å². The summed E-state index contributed by atoms with van der Waals surface area (Å²) in [6.07, 6.45) is 3.71. The van der Waals surface area contributed by atoms with Gasteiger partial charge >= 0.3 is 0 Å². The summed E-state index contributed by atoms with van der Waals surface area (Å²) in [4.78, 5) is 0. The maximum absolute atomic E-state index is 5.33. The van der Waals surface area contributed by atoms with E-state index < -0.39 is 0 Å². The molecule has 2 aliphatic rings. The van der Waals surface area contributed by atoms with Crippen LogP contribution in [0.4, 0.5) is 0 Å². The molecule has 1 aliphatic carbocycles. The molecule has 3 rings (SSSR count). The van der Waals surface area contributed by atoms with Gasteiger partial charge in [-0.15, -0.1) is 0 Å². The maximum atomic E-state index is 5.33. The van der Waals surface area contributed by atoms with Crippen molar-refractivity contribution in [3.8, 4) is 5.75 Å². The Labute approximate surface area is 113 Å². The Bertz CT molecular complexity index is 435. The second kappa shape index (κ2) is 5.14. The molecule has 1 aromatic rings. The number of thioether (sulfide) groups is 1. The first-order valence-corrected chi connectivity index (χ1v) is 7.91. The molecule has 1 saturated heterocycles. The molecule has 1 aliphatic heterocycles. The van der Waals surface area contributed by atoms with E-state index in [9.17, 15) is 0 Å². The lowest BCUT2D eigenvalue weighted by Gasteiger charge is -2.41. The molecule has 3 heteroatoms. The minimum atomic E-state index is 0.545. The average Bonchev–Trinajstić information content (AvgIpc) is 2.45. The summed E-state index contributed by atoms with van der Waals surface area (Å²) < 4.78 is 5.33. The number of hydrogen-bond donors (Lipinski definition) is 1. The fourth-order valence-electron chi connectivity index (χ4n) is 3.05. The van der Waals surface area contributed by atoms with Gasteiger partial charge in [0, 0.05) is 23.1 Å². The van der Waals surface area contributed by atoms with E-state index in [4.69, 9.17) is 4.74 Å². The summed E-state index contributed by atoms with van der Waals surface area (Å²) in [5.74, 6) is 2.26. The van der Waals surface area contributed by atoms with Crippen molar-refractivity contribution in [1.29, 1.82) is 0 Å². The molecule has 1 N–H and O–H groups in total. The molecule has 3 atom stereocenters. The minimum Gasteiger partial charge on any atom is -0.497 e. The fraction of sp³-hybridized carbons (Fsp3) is 0.600. The zero-order chi connectivity index (χ0) is 12.5. The highest BCUT2D eigenvalue weighted by molar-refractivity contribution is 8.00. The smallest absolute Gasteiger partial charge is 0.119 e. The molecule has 18 heavy (non-hydrogen) atoms. The average molecular weight is 263 g/mol. The molecule has 1 fully saturated rings. The standard InChI is InChI=1S/C15H21NOS/c1-3-11-9-18-14-7-4-10-8-12(17-2)5-6-13(10)15(14)16-11/h5-6,8,11,14-16H,3-4,7,9H2,1-2H3. The number of fused-ring (bicyclic) bond motifs is 3. The largest absolute Gasteiger partial charge is 0.497 e. The molecule has 2 nitrogen and oxygen atoms in total. The van der Waals surface area contributed by atoms with Gasteiger partial charge in [0.15, 0.2) is 0 Å². The topological polar surface area (TPSA) is 21.3 Å². The van der Waals surface area contributed by atoms with Crippen LogP contribution in [0.5, 0.6) is 5.75 Å². The molecule has 0 saturated carbocycles. The number of nitrogens with one attached hydrogen (secondary N) is 1. The Morgan fingerprint density at radius 1 is 1.44 bits per heavy atom. The maximum Gasteiger partial charge on any atom is 0.119 e. The van der Waals surface area contributed by atoms with Crippen molar-refractivity contribution in [2.24, 2.45) is 0 Å². The van der Waals surface area contributed by atoms with Gasteiger partial charge in [-0.2, -0.15) is 11.8 Å². The van der Waals surface area contributed by atoms with Gasteiger partial charge in [-0.25, -0.2) is 0 Å². The predicted molar refractivity (Wildman–Crippen MR) is 77.5 cm³/mol. The zero-order valence-electron chi connectivity index (χ0n) is 11.1. The van der Waals surface area contributed by atoms with Gasteiger partial charge < -0.3 is 10.1 Å². The SMILES string of the molecule is CCC1CSC2CCc3cc(OC)ccc3C2N1. The second-order valence-electron chi connectivity index (χ2n) is 5.22. The number of aryl methyl sites for hydroxylation is 1. The van der Waals surface area contributed by atoms with E-state index in [1.54, 1.807) is 7.11 Å². The highest BCUT2D eigenvalue weighted by Gasteiger charge is 2.34. The summed E-state index contributed by atoms with van der Waals surface area (Å²) in [5, 5.41) is 4.60. The van der Waals surface area contributed by atoms with E-state index in [0.717, 1.165) is 11.0 Å². The quantitative estimate of drug-likeness (QED) is 0.885. The van der Waals surface area contributed by atoms with Gasteiger partial charge in [0.25, 0.3) is 0 Å². The number of ether oxygens (including phenoxy) is 1. The van der Waals surface area contributed by atoms with Crippen molar-refractivity contribution in [1.82, 2.24) is 5.32 Å². The number of rotatable bonds is 2. The van der Waals surface area contributed by atoms with Crippen molar-refractivity contribution in [3.05, 3.63) is 29.3 Å². The third kappa shape index (κ3) is 2.14. The van der Waals surface area contributed by atoms with E-state index in [1.165, 1.54) is 36.1 Å². The molecule has 1 aromatic carbocycles. The fourth-order valence-corrected chi connectivity index (χ4v) is 4.56. The van der Waals surface area contributed by atoms with E-state index in [0.29, 0.717) is 12.1 Å². The monoisotopic (exact) mass is 263 g/mol. The van der Waals surface area contributed by atoms with Crippen LogP contribution in [0.2, 0.25) is 0 Å². The Balaban J connectivity index is 1.90. The van der Waals surface area contributed by atoms with E-state index in [-0.39, 0.29) is 0 Å². The second-order valence-corrected chi connectivity index (χ2v) is 6.50. The normalized spacial score (nSPS) is 30.4. The van der Waals surface area contributed by atoms with Crippen LogP contribution in [-0.4, -0.2) is 24.2 Å². The van der Waals surface area contributed by atoms with Crippen LogP contribution in [0.15, 0.2) is 18.2 Å². The van der Waals surface area contributed by atoms with Crippen molar-refractivity contribution in [2.75, 3.05) is 12.9 Å². The van der Waals surface area contributed by atoms with Crippen molar-refractivity contribution >= 4 is 11.8 Å². The molecule has 98 valence electrons. The Kier molecular flexibility index (Phi) is 3.53. The van der Waals surface area contributed by atoms with Gasteiger partial charge in [-0.1, -0.05) is 13.0 Å². The van der Waals surface area contributed by atoms with Crippen LogP contribution in [0.3, 0.4) is 0 Å². The minimum absolute atomic E-state index is 0.545. The molecule has 1 heterocycles. The van der Waals surface area contributed by atoms with Crippen molar-refractivity contribution in [2.45, 2.75) is 43.5 Å². The zero-order valence-corrected chi connectivity index (χ0v) is 11.9. The summed E-state index contributed by atoms with van der Waals surface area (Å²) >= 11 is 2.16. The summed E-state index contributed by atoms with van der Waals surface area (Å²) in [6.45, 7) is 2.27. The van der Waals surface area contributed by atoms with Crippen LogP contribution in [0, 0.1) is 0 Å². The Morgan fingerprint density at radius 3 is 3.11 bits per heavy atom. The third-order valence-corrected chi connectivity index (χ3v) is 5.71. The lowest BCUT2D eigenvalue weighted by molar-refractivity contribution is 0.393. The van der Waals surface area contributed by atoms with Gasteiger partial charge in [0.05, 0.1) is 7.11 Å². The molecular weight excluding hydrogens is 242 g/mol. The summed E-state index contributed by atoms with van der Waals surface area (Å²) in [6, 6.07) is 7.79. The van der Waals surface area contributed by atoms with Crippen LogP contribution < -0.4 is 10.1 Å². The molecule has 0 amide bonds. The lowest BCUT2D eigenvalue weighted by atomic mass is 9.86. The van der Waals surface area contributed by atoms with Gasteiger partial charge in [0.2, 0.25) is 0 Å². The van der Waals surface area contributed by atoms with Gasteiger partial charge in [-0.05, 0) is 42.5 Å². The first-order valence-electron chi connectivity index (χ1n) is 6.86. The van der Waals surface area contributed by atoms with Crippen molar-refractivity contribution in [3.63, 3.8) is 0 Å². The predicted octanol–water partition coefficient (Wildman–Crippen LogP) is 3.17. The molecule has 0 radical (unpaired) electrons. The molecular formula is C15H21NOS. The summed E-state index contributed by atoms with van der Waals surface area (Å²) in [7, 11) is 1.75. The van der Waals surface area contributed by atoms with Crippen LogP contribution in [0.1, 0.15) is 36.9 Å². The molecule has 3 unspecified atom stereocenters. The highest BCUT2D eigenvalue weighted by Crippen LogP contribution is 2.41. The highest BCUT2D eigenvalue weighted by atomic mass is 32.2. The number of methoxy groups -OCH3 is 1. The molecule has 0 aromatic heterocycles. The first-order chi connectivity index (χ1) is 8.81. The number of hydrogen-bond acceptors (Lipinski definition) is 3. The molecule has 0 spiro atoms.